The van der Waals surface area contributed by atoms with Gasteiger partial charge in [0.2, 0.25) is 0 Å². The molecule has 0 spiro atoms. The number of carbonyl (C=O) groups excluding carboxylic acids is 3. The van der Waals surface area contributed by atoms with Crippen LogP contribution in [-0.2, 0) is 54.6 Å². The molecule has 5 N–H and O–H groups in total. The molecule has 1 aliphatic carbocycles. The van der Waals surface area contributed by atoms with Gasteiger partial charge >= 0.3 is 17.9 Å². The van der Waals surface area contributed by atoms with Gasteiger partial charge in [0.15, 0.2) is 0 Å². The Labute approximate surface area is 606 Å². The highest BCUT2D eigenvalue weighted by atomic mass is 16.5. The van der Waals surface area contributed by atoms with Crippen molar-refractivity contribution in [1.29, 1.82) is 0 Å². The molecule has 0 amide bonds. The Morgan fingerprint density at radius 1 is 0.500 bits per heavy atom. The van der Waals surface area contributed by atoms with E-state index in [-0.39, 0.29) is 58.1 Å². The first-order chi connectivity index (χ1) is 46.4. The summed E-state index contributed by atoms with van der Waals surface area (Å²) in [7, 11) is 0. The van der Waals surface area contributed by atoms with Gasteiger partial charge in [-0.2, -0.15) is 5.10 Å². The zero-order valence-electron chi connectivity index (χ0n) is 66.6. The van der Waals surface area contributed by atoms with Gasteiger partial charge in [0, 0.05) is 60.4 Å². The summed E-state index contributed by atoms with van der Waals surface area (Å²) < 4.78 is 22.5. The maximum atomic E-state index is 12.7. The molecule has 2 atom stereocenters. The number of carbonyl (C=O) groups is 3. The van der Waals surface area contributed by atoms with E-state index < -0.39 is 5.41 Å². The van der Waals surface area contributed by atoms with E-state index in [1.54, 1.807) is 0 Å². The van der Waals surface area contributed by atoms with E-state index in [0.717, 1.165) is 128 Å². The number of anilines is 4. The third-order valence-corrected chi connectivity index (χ3v) is 16.4. The fraction of sp³-hybridized carbons (Fsp3) is 0.586. The number of benzene rings is 5. The largest absolute Gasteiger partial charge is 0.494 e. The third-order valence-electron chi connectivity index (χ3n) is 16.4. The maximum absolute atomic E-state index is 12.7. The summed E-state index contributed by atoms with van der Waals surface area (Å²) in [6.45, 7) is 56.5. The Bertz CT molecular complexity index is 3280. The minimum absolute atomic E-state index is 0.0642. The normalized spacial score (nSPS) is 15.2. The number of nitrogens with one attached hydrogen (secondary N) is 5. The average molecular weight is 1380 g/mol. The second-order valence-electron chi connectivity index (χ2n) is 36.4. The van der Waals surface area contributed by atoms with Crippen molar-refractivity contribution in [2.24, 2.45) is 54.8 Å². The third kappa shape index (κ3) is 37.4. The predicted octanol–water partition coefficient (Wildman–Crippen LogP) is 22.0. The first kappa shape index (κ1) is 85.1. The molecular formula is C87H134N6O7. The number of fused-ring (bicyclic) bond motifs is 1. The van der Waals surface area contributed by atoms with Crippen LogP contribution in [0.15, 0.2) is 132 Å². The van der Waals surface area contributed by atoms with Crippen molar-refractivity contribution < 1.29 is 33.3 Å². The number of hydrazone groups is 1. The van der Waals surface area contributed by atoms with Crippen molar-refractivity contribution in [1.82, 2.24) is 5.43 Å². The molecule has 5 aromatic carbocycles. The Hall–Kier alpha value is -7.28. The average Bonchev–Trinajstić information content (AvgIpc) is 0.795. The monoisotopic (exact) mass is 1380 g/mol. The smallest absolute Gasteiger partial charge is 0.325 e. The van der Waals surface area contributed by atoms with Gasteiger partial charge in [-0.1, -0.05) is 187 Å². The van der Waals surface area contributed by atoms with Gasteiger partial charge in [0.25, 0.3) is 0 Å². The zero-order valence-corrected chi connectivity index (χ0v) is 66.6. The molecule has 2 aliphatic rings. The Morgan fingerprint density at radius 2 is 0.930 bits per heavy atom. The van der Waals surface area contributed by atoms with Crippen LogP contribution in [0.3, 0.4) is 0 Å². The molecule has 2 unspecified atom stereocenters. The van der Waals surface area contributed by atoms with E-state index in [4.69, 9.17) is 18.9 Å². The van der Waals surface area contributed by atoms with Gasteiger partial charge in [0.05, 0.1) is 17.7 Å². The van der Waals surface area contributed by atoms with Crippen LogP contribution in [0.25, 0.3) is 5.70 Å². The van der Waals surface area contributed by atoms with E-state index in [0.29, 0.717) is 43.0 Å². The van der Waals surface area contributed by atoms with Crippen molar-refractivity contribution in [3.05, 3.63) is 155 Å². The van der Waals surface area contributed by atoms with E-state index >= 15 is 0 Å². The molecule has 13 nitrogen and oxygen atoms in total. The lowest BCUT2D eigenvalue weighted by atomic mass is 9.80. The van der Waals surface area contributed by atoms with Crippen LogP contribution in [0.2, 0.25) is 0 Å². The molecule has 554 valence electrons. The van der Waals surface area contributed by atoms with Crippen LogP contribution in [0.5, 0.6) is 5.75 Å². The number of esters is 3. The molecular weight excluding hydrogens is 1240 g/mol. The van der Waals surface area contributed by atoms with Crippen LogP contribution in [0.4, 0.5) is 22.7 Å². The molecule has 1 saturated carbocycles. The van der Waals surface area contributed by atoms with Crippen molar-refractivity contribution >= 4 is 52.1 Å². The highest BCUT2D eigenvalue weighted by Gasteiger charge is 2.30. The molecule has 100 heavy (non-hydrogen) atoms. The summed E-state index contributed by atoms with van der Waals surface area (Å²) in [5, 5.41) is 18.2. The number of rotatable bonds is 23. The summed E-state index contributed by atoms with van der Waals surface area (Å²) in [5.41, 5.74) is 18.4. The van der Waals surface area contributed by atoms with Crippen molar-refractivity contribution in [2.75, 3.05) is 54.1 Å². The van der Waals surface area contributed by atoms with Crippen LogP contribution in [0, 0.1) is 49.7 Å². The number of hydrogen-bond donors (Lipinski definition) is 5. The molecule has 0 saturated heterocycles. The molecule has 13 heteroatoms. The topological polar surface area (TPSA) is 161 Å². The highest BCUT2D eigenvalue weighted by Crippen LogP contribution is 2.37. The second kappa shape index (κ2) is 39.2. The van der Waals surface area contributed by atoms with E-state index in [1.165, 1.54) is 22.4 Å². The van der Waals surface area contributed by atoms with Crippen LogP contribution in [-0.4, -0.2) is 62.5 Å². The van der Waals surface area contributed by atoms with Crippen molar-refractivity contribution in [3.8, 4) is 5.75 Å². The van der Waals surface area contributed by atoms with E-state index in [1.807, 2.05) is 81.4 Å². The quantitative estimate of drug-likeness (QED) is 0.0312. The first-order valence-electron chi connectivity index (χ1n) is 37.0. The van der Waals surface area contributed by atoms with Gasteiger partial charge in [-0.05, 0) is 230 Å². The zero-order chi connectivity index (χ0) is 74.7. The molecule has 1 heterocycles. The fourth-order valence-corrected chi connectivity index (χ4v) is 10.6. The van der Waals surface area contributed by atoms with Gasteiger partial charge in [0.1, 0.15) is 31.6 Å². The van der Waals surface area contributed by atoms with Gasteiger partial charge < -0.3 is 40.2 Å². The maximum Gasteiger partial charge on any atom is 0.325 e. The van der Waals surface area contributed by atoms with Gasteiger partial charge in [-0.25, -0.2) is 0 Å². The summed E-state index contributed by atoms with van der Waals surface area (Å²) in [6.07, 6.45) is 9.04. The van der Waals surface area contributed by atoms with Crippen molar-refractivity contribution in [3.63, 3.8) is 0 Å². The van der Waals surface area contributed by atoms with Crippen LogP contribution >= 0.6 is 0 Å². The number of nitrogens with zero attached hydrogens (tertiary/aromatic N) is 1. The Morgan fingerprint density at radius 3 is 1.34 bits per heavy atom. The standard InChI is InChI=1S/C36H51N3O3.C18H29NO2.C17H27NO2.C16H27N/c1-25-31-20-19-30(42-33(40)24-37-28-15-11-26(12-16-28)23-36(5,6)7)9-8-10-32(31)34(39-38-25)27-13-17-29(18-14-27)41-22-21-35(2,3)4;1-14(2)6-11-17(20)21-12-15-7-9-16(10-8-15)19-13-18(3,4)5;1-16(2,3)12-18-14-9-7-13(8-10-14)11-20-15(19)17(4,5)6;1-15(2,3)11-13-7-9-14(10-8-13)17-12-16(4,5)6/h11-18,30-31,37,39H,8-10,19-24H2,1-7H3;7-10,14,19H,6,11-13H2,1-5H3;7-10,18H,11-12H2,1-6H3;7-10,17H,11-12H2,1-6H3. The fourth-order valence-electron chi connectivity index (χ4n) is 10.6. The Balaban J connectivity index is 0.000000308. The lowest BCUT2D eigenvalue weighted by Crippen LogP contribution is -2.31. The summed E-state index contributed by atoms with van der Waals surface area (Å²) in [6, 6.07) is 41.6. The predicted molar refractivity (Wildman–Crippen MR) is 423 cm³/mol. The van der Waals surface area contributed by atoms with E-state index in [2.05, 4.69) is 238 Å². The second-order valence-corrected chi connectivity index (χ2v) is 36.4. The summed E-state index contributed by atoms with van der Waals surface area (Å²) in [5.74, 6) is 1.21. The number of allylic oxidation sites excluding steroid dienone is 1. The molecule has 1 aliphatic heterocycles. The molecule has 0 radical (unpaired) electrons. The highest BCUT2D eigenvalue weighted by molar-refractivity contribution is 5.91. The van der Waals surface area contributed by atoms with Crippen molar-refractivity contribution in [2.45, 2.75) is 250 Å². The van der Waals surface area contributed by atoms with Gasteiger partial charge in [-0.3, -0.25) is 19.8 Å². The summed E-state index contributed by atoms with van der Waals surface area (Å²) >= 11 is 0. The molecule has 7 rings (SSSR count). The molecule has 1 fully saturated rings. The first-order valence-corrected chi connectivity index (χ1v) is 37.0. The molecule has 0 bridgehead atoms. The number of ether oxygens (including phenoxy) is 4. The van der Waals surface area contributed by atoms with Crippen LogP contribution < -0.4 is 31.4 Å². The Kier molecular flexibility index (Phi) is 33.4. The number of hydrogen-bond acceptors (Lipinski definition) is 13. The lowest BCUT2D eigenvalue weighted by molar-refractivity contribution is -0.154. The van der Waals surface area contributed by atoms with E-state index in [9.17, 15) is 14.4 Å². The SMILES string of the molecule is CC(C)(C)CNc1ccc(CC(C)(C)C)cc1.CC(C)(C)CNc1ccc(COC(=O)C(C)(C)C)cc1.CC(C)CCC(=O)OCc1ccc(NCC(C)(C)C)cc1.CC1=NNC(c2ccc(OCCC(C)(C)C)cc2)=C2CCCC(OC(=O)CNc3ccc(CC(C)(C)C)cc3)CCC12. The minimum Gasteiger partial charge on any atom is -0.494 e. The summed E-state index contributed by atoms with van der Waals surface area (Å²) in [4.78, 5) is 36.0. The minimum atomic E-state index is -0.450. The van der Waals surface area contributed by atoms with Gasteiger partial charge in [-0.15, -0.1) is 0 Å². The van der Waals surface area contributed by atoms with Crippen LogP contribution in [0.1, 0.15) is 245 Å². The lowest BCUT2D eigenvalue weighted by Gasteiger charge is -2.32. The molecule has 0 aromatic heterocycles. The molecule has 5 aromatic rings.